The Morgan fingerprint density at radius 3 is 1.16 bits per heavy atom. The molecule has 0 amide bonds. The lowest BCUT2D eigenvalue weighted by molar-refractivity contribution is 1.08. The Labute approximate surface area is 303 Å². The summed E-state index contributed by atoms with van der Waals surface area (Å²) in [7, 11) is 45.8. The van der Waals surface area contributed by atoms with Gasteiger partial charge in [0.05, 0.1) is 0 Å². The third-order valence-electron chi connectivity index (χ3n) is 8.99. The molecule has 2 aromatic heterocycles. The van der Waals surface area contributed by atoms with E-state index >= 15 is 0 Å². The van der Waals surface area contributed by atoms with Crippen LogP contribution in [-0.4, -0.2) is 69.9 Å². The molecule has 0 fully saturated rings. The van der Waals surface area contributed by atoms with Crippen LogP contribution in [0.5, 0.6) is 0 Å². The van der Waals surface area contributed by atoms with Crippen molar-refractivity contribution in [3.05, 3.63) is 109 Å². The van der Waals surface area contributed by atoms with Crippen LogP contribution >= 0.6 is 11.3 Å². The fourth-order valence-electron chi connectivity index (χ4n) is 6.27. The van der Waals surface area contributed by atoms with Gasteiger partial charge in [-0.25, -0.2) is 15.0 Å². The standard InChI is InChI=1S/C39H18B7N3S/c40-28-25-26-29(41)32(44)33(45)34(46)36(26)50-35(25)31(43)27(30(28)42)39-48-37(23-15-11-21(12-16-23)19-7-3-1-4-8-19)47-38(49-39)24-17-13-22(14-18-24)20-9-5-2-6-10-20/h1-18H. The van der Waals surface area contributed by atoms with Gasteiger partial charge < -0.3 is 0 Å². The molecule has 2 heterocycles. The van der Waals surface area contributed by atoms with Crippen LogP contribution in [0.3, 0.4) is 0 Å². The zero-order valence-corrected chi connectivity index (χ0v) is 27.5. The summed E-state index contributed by atoms with van der Waals surface area (Å²) in [6.45, 7) is 0. The molecule has 0 aliphatic rings. The van der Waals surface area contributed by atoms with E-state index in [0.717, 1.165) is 33.4 Å². The van der Waals surface area contributed by atoms with Gasteiger partial charge in [-0.3, -0.25) is 0 Å². The molecule has 0 aliphatic carbocycles. The van der Waals surface area contributed by atoms with Gasteiger partial charge in [-0.15, -0.1) is 22.3 Å². The summed E-state index contributed by atoms with van der Waals surface area (Å²) in [4.78, 5) is 14.8. The van der Waals surface area contributed by atoms with E-state index in [1.807, 2.05) is 84.9 Å². The van der Waals surface area contributed by atoms with Crippen LogP contribution in [0.4, 0.5) is 0 Å². The molecule has 0 bridgehead atoms. The number of nitrogens with zero attached hydrogens (tertiary/aromatic N) is 3. The second-order valence-corrected chi connectivity index (χ2v) is 13.0. The topological polar surface area (TPSA) is 38.7 Å². The summed E-state index contributed by atoms with van der Waals surface area (Å²) < 4.78 is 1.24. The van der Waals surface area contributed by atoms with Crippen molar-refractivity contribution in [2.45, 2.75) is 0 Å². The van der Waals surface area contributed by atoms with Crippen LogP contribution < -0.4 is 38.2 Å². The molecule has 8 aromatic rings. The molecule has 0 saturated carbocycles. The van der Waals surface area contributed by atoms with Crippen molar-refractivity contribution < 1.29 is 0 Å². The minimum atomic E-state index is 0.179. The minimum Gasteiger partial charge on any atom is -0.208 e. The molecular weight excluding hydrogens is 618 g/mol. The van der Waals surface area contributed by atoms with E-state index in [-0.39, 0.29) is 33.1 Å². The number of aromatic nitrogens is 3. The van der Waals surface area contributed by atoms with E-state index in [1.165, 1.54) is 11.3 Å². The predicted molar refractivity (Wildman–Crippen MR) is 218 cm³/mol. The second-order valence-electron chi connectivity index (χ2n) is 12.0. The smallest absolute Gasteiger partial charge is 0.164 e. The molecule has 0 atom stereocenters. The lowest BCUT2D eigenvalue weighted by Gasteiger charge is -2.18. The van der Waals surface area contributed by atoms with Gasteiger partial charge in [-0.2, -0.15) is 0 Å². The highest BCUT2D eigenvalue weighted by molar-refractivity contribution is 7.28. The molecule has 11 heteroatoms. The Kier molecular flexibility index (Phi) is 8.19. The van der Waals surface area contributed by atoms with Crippen molar-refractivity contribution >= 4 is 125 Å². The number of fused-ring (bicyclic) bond motifs is 3. The van der Waals surface area contributed by atoms with E-state index in [1.54, 1.807) is 0 Å². The SMILES string of the molecule is [B]c1c([B])c([B])c2c(sc3c([B])c(-c4nc(-c5ccc(-c6ccccc6)cc5)nc(-c5ccc(-c6ccccc6)cc5)n4)c([B])c([B])c32)c1[B]. The first-order valence-corrected chi connectivity index (χ1v) is 16.6. The van der Waals surface area contributed by atoms with Crippen molar-refractivity contribution in [2.24, 2.45) is 0 Å². The van der Waals surface area contributed by atoms with E-state index in [4.69, 9.17) is 69.9 Å². The number of thiophene rings is 1. The summed E-state index contributed by atoms with van der Waals surface area (Å²) in [5.74, 6) is 1.16. The zero-order valence-electron chi connectivity index (χ0n) is 26.7. The molecule has 14 radical (unpaired) electrons. The Morgan fingerprint density at radius 2 is 0.680 bits per heavy atom. The highest BCUT2D eigenvalue weighted by atomic mass is 32.1. The minimum absolute atomic E-state index is 0.179. The molecule has 0 unspecified atom stereocenters. The fourth-order valence-corrected chi connectivity index (χ4v) is 7.54. The normalized spacial score (nSPS) is 11.4. The first kappa shape index (κ1) is 32.2. The van der Waals surface area contributed by atoms with Crippen molar-refractivity contribution in [3.63, 3.8) is 0 Å². The predicted octanol–water partition coefficient (Wildman–Crippen LogP) is 2.13. The molecule has 0 N–H and O–H groups in total. The molecule has 6 aromatic carbocycles. The van der Waals surface area contributed by atoms with Crippen LogP contribution in [0.2, 0.25) is 0 Å². The van der Waals surface area contributed by atoms with Gasteiger partial charge in [0.1, 0.15) is 54.9 Å². The van der Waals surface area contributed by atoms with Gasteiger partial charge in [-0.1, -0.05) is 137 Å². The maximum Gasteiger partial charge on any atom is 0.164 e. The largest absolute Gasteiger partial charge is 0.208 e. The highest BCUT2D eigenvalue weighted by Gasteiger charge is 2.22. The molecule has 50 heavy (non-hydrogen) atoms. The Bertz CT molecular complexity index is 2490. The average molecular weight is 636 g/mol. The molecular formula is C39H18B7N3S. The van der Waals surface area contributed by atoms with Crippen LogP contribution in [0.25, 0.3) is 76.6 Å². The van der Waals surface area contributed by atoms with Gasteiger partial charge in [0.2, 0.25) is 0 Å². The van der Waals surface area contributed by atoms with E-state index in [2.05, 4.69) is 24.3 Å². The summed E-state index contributed by atoms with van der Waals surface area (Å²) in [5.41, 5.74) is 8.02. The first-order valence-electron chi connectivity index (χ1n) is 15.7. The Hall–Kier alpha value is -5.00. The maximum absolute atomic E-state index is 6.94. The lowest BCUT2D eigenvalue weighted by atomic mass is 9.64. The van der Waals surface area contributed by atoms with Gasteiger partial charge >= 0.3 is 0 Å². The third kappa shape index (κ3) is 5.36. The summed E-state index contributed by atoms with van der Waals surface area (Å²) in [5, 5.41) is 1.12. The highest BCUT2D eigenvalue weighted by Crippen LogP contribution is 2.32. The fraction of sp³-hybridized carbons (Fsp3) is 0. The lowest BCUT2D eigenvalue weighted by Crippen LogP contribution is -2.47. The van der Waals surface area contributed by atoms with Crippen LogP contribution in [0, 0.1) is 0 Å². The third-order valence-corrected chi connectivity index (χ3v) is 10.3. The number of rotatable bonds is 5. The Balaban J connectivity index is 1.34. The first-order chi connectivity index (χ1) is 24.2. The van der Waals surface area contributed by atoms with Gasteiger partial charge in [0, 0.05) is 26.1 Å². The summed E-state index contributed by atoms with van der Waals surface area (Å²) >= 11 is 1.31. The monoisotopic (exact) mass is 637 g/mol. The van der Waals surface area contributed by atoms with E-state index in [9.17, 15) is 0 Å². The number of hydrogen-bond donors (Lipinski definition) is 0. The molecule has 0 aliphatic heterocycles. The van der Waals surface area contributed by atoms with E-state index in [0.29, 0.717) is 48.3 Å². The van der Waals surface area contributed by atoms with Gasteiger partial charge in [0.15, 0.2) is 17.5 Å². The van der Waals surface area contributed by atoms with Crippen molar-refractivity contribution in [1.82, 2.24) is 15.0 Å². The molecule has 8 rings (SSSR count). The van der Waals surface area contributed by atoms with Crippen LogP contribution in [0.15, 0.2) is 109 Å². The van der Waals surface area contributed by atoms with E-state index < -0.39 is 0 Å². The van der Waals surface area contributed by atoms with Crippen molar-refractivity contribution in [2.75, 3.05) is 0 Å². The zero-order chi connectivity index (χ0) is 34.7. The number of hydrogen-bond acceptors (Lipinski definition) is 4. The van der Waals surface area contributed by atoms with Crippen LogP contribution in [0.1, 0.15) is 0 Å². The molecule has 216 valence electrons. The van der Waals surface area contributed by atoms with Crippen molar-refractivity contribution in [1.29, 1.82) is 0 Å². The molecule has 3 nitrogen and oxygen atoms in total. The maximum atomic E-state index is 6.94. The average Bonchev–Trinajstić information content (AvgIpc) is 3.58. The molecule has 0 spiro atoms. The van der Waals surface area contributed by atoms with Gasteiger partial charge in [-0.05, 0) is 33.0 Å². The summed E-state index contributed by atoms with van der Waals surface area (Å²) in [6.07, 6.45) is 0. The number of benzene rings is 6. The molecule has 0 saturated heterocycles. The van der Waals surface area contributed by atoms with Crippen LogP contribution in [-0.2, 0) is 0 Å². The second kappa shape index (κ2) is 12.7. The van der Waals surface area contributed by atoms with Crippen molar-refractivity contribution in [3.8, 4) is 56.4 Å². The Morgan fingerprint density at radius 1 is 0.320 bits per heavy atom. The quantitative estimate of drug-likeness (QED) is 0.272. The summed E-state index contributed by atoms with van der Waals surface area (Å²) in [6, 6.07) is 36.4. The van der Waals surface area contributed by atoms with Gasteiger partial charge in [0.25, 0.3) is 0 Å².